The van der Waals surface area contributed by atoms with Gasteiger partial charge < -0.3 is 9.64 Å². The number of rotatable bonds is 8. The van der Waals surface area contributed by atoms with Gasteiger partial charge in [-0.15, -0.1) is 0 Å². The van der Waals surface area contributed by atoms with Gasteiger partial charge in [-0.2, -0.15) is 0 Å². The molecule has 25 heavy (non-hydrogen) atoms. The van der Waals surface area contributed by atoms with Gasteiger partial charge in [-0.25, -0.2) is 0 Å². The molecule has 1 heterocycles. The first-order valence-electron chi connectivity index (χ1n) is 9.93. The highest BCUT2D eigenvalue weighted by molar-refractivity contribution is 5.77. The van der Waals surface area contributed by atoms with Crippen LogP contribution in [0.5, 0.6) is 0 Å². The molecule has 0 spiro atoms. The fourth-order valence-electron chi connectivity index (χ4n) is 4.10. The lowest BCUT2D eigenvalue weighted by atomic mass is 9.75. The molecule has 2 atom stereocenters. The van der Waals surface area contributed by atoms with E-state index in [9.17, 15) is 4.79 Å². The molecular formula is C22H35NO2. The van der Waals surface area contributed by atoms with Crippen LogP contribution >= 0.6 is 0 Å². The maximum Gasteiger partial charge on any atom is 0.223 e. The zero-order valence-corrected chi connectivity index (χ0v) is 16.5. The van der Waals surface area contributed by atoms with Crippen molar-refractivity contribution in [2.45, 2.75) is 71.3 Å². The van der Waals surface area contributed by atoms with Crippen LogP contribution in [-0.2, 0) is 9.53 Å². The first kappa shape index (κ1) is 20.0. The number of hydrogen-bond acceptors (Lipinski definition) is 2. The van der Waals surface area contributed by atoms with Gasteiger partial charge in [-0.3, -0.25) is 4.79 Å². The Hall–Kier alpha value is -1.35. The molecule has 1 aromatic carbocycles. The lowest BCUT2D eigenvalue weighted by Crippen LogP contribution is -2.39. The summed E-state index contributed by atoms with van der Waals surface area (Å²) in [4.78, 5) is 15.1. The van der Waals surface area contributed by atoms with Crippen LogP contribution < -0.4 is 0 Å². The number of carbonyl (C=O) groups excluding carboxylic acids is 1. The highest BCUT2D eigenvalue weighted by Crippen LogP contribution is 2.40. The highest BCUT2D eigenvalue weighted by atomic mass is 16.5. The van der Waals surface area contributed by atoms with Crippen molar-refractivity contribution in [1.82, 2.24) is 4.90 Å². The molecule has 1 saturated heterocycles. The SMILES string of the molecule is CCCN(CCC)C(=O)C[C@H](c1ccccc1)[C@@H]1CCOC(C)(C)C1. The second kappa shape index (κ2) is 9.38. The van der Waals surface area contributed by atoms with Crippen molar-refractivity contribution in [3.63, 3.8) is 0 Å². The summed E-state index contributed by atoms with van der Waals surface area (Å²) in [6.07, 6.45) is 4.71. The van der Waals surface area contributed by atoms with Gasteiger partial charge in [0.2, 0.25) is 5.91 Å². The molecule has 0 radical (unpaired) electrons. The largest absolute Gasteiger partial charge is 0.376 e. The van der Waals surface area contributed by atoms with Crippen LogP contribution in [0, 0.1) is 5.92 Å². The molecule has 1 aliphatic rings. The van der Waals surface area contributed by atoms with E-state index < -0.39 is 0 Å². The van der Waals surface area contributed by atoms with E-state index in [1.54, 1.807) is 0 Å². The monoisotopic (exact) mass is 345 g/mol. The Morgan fingerprint density at radius 2 is 1.84 bits per heavy atom. The van der Waals surface area contributed by atoms with Crippen LogP contribution in [0.15, 0.2) is 30.3 Å². The number of amides is 1. The number of carbonyl (C=O) groups is 1. The molecule has 3 nitrogen and oxygen atoms in total. The summed E-state index contributed by atoms with van der Waals surface area (Å²) in [5.74, 6) is 1.09. The van der Waals surface area contributed by atoms with Crippen LogP contribution in [0.2, 0.25) is 0 Å². The standard InChI is InChI=1S/C22H35NO2/c1-5-13-23(14-6-2)21(24)16-20(18-10-8-7-9-11-18)19-12-15-25-22(3,4)17-19/h7-11,19-20H,5-6,12-17H2,1-4H3/t19-,20-/m1/s1. The van der Waals surface area contributed by atoms with Crippen molar-refractivity contribution in [1.29, 1.82) is 0 Å². The first-order valence-corrected chi connectivity index (χ1v) is 9.93. The van der Waals surface area contributed by atoms with E-state index in [0.717, 1.165) is 45.4 Å². The van der Waals surface area contributed by atoms with E-state index in [0.29, 0.717) is 18.2 Å². The molecule has 1 aliphatic heterocycles. The fraction of sp³-hybridized carbons (Fsp3) is 0.682. The van der Waals surface area contributed by atoms with Crippen LogP contribution in [0.3, 0.4) is 0 Å². The molecule has 0 N–H and O–H groups in total. The lowest BCUT2D eigenvalue weighted by Gasteiger charge is -2.39. The summed E-state index contributed by atoms with van der Waals surface area (Å²) >= 11 is 0. The third-order valence-corrected chi connectivity index (χ3v) is 5.27. The summed E-state index contributed by atoms with van der Waals surface area (Å²) in [5, 5.41) is 0. The van der Waals surface area contributed by atoms with Gasteiger partial charge >= 0.3 is 0 Å². The molecule has 0 aliphatic carbocycles. The molecule has 0 aromatic heterocycles. The van der Waals surface area contributed by atoms with Crippen molar-refractivity contribution >= 4 is 5.91 Å². The zero-order chi connectivity index (χ0) is 18.3. The maximum atomic E-state index is 13.0. The summed E-state index contributed by atoms with van der Waals surface area (Å²) < 4.78 is 5.92. The Morgan fingerprint density at radius 1 is 1.20 bits per heavy atom. The molecular weight excluding hydrogens is 310 g/mol. The average molecular weight is 346 g/mol. The fourth-order valence-corrected chi connectivity index (χ4v) is 4.10. The van der Waals surface area contributed by atoms with Crippen molar-refractivity contribution < 1.29 is 9.53 Å². The Kier molecular flexibility index (Phi) is 7.49. The Morgan fingerprint density at radius 3 is 2.40 bits per heavy atom. The number of benzene rings is 1. The minimum atomic E-state index is -0.0917. The summed E-state index contributed by atoms with van der Waals surface area (Å²) in [6, 6.07) is 10.6. The summed E-state index contributed by atoms with van der Waals surface area (Å²) in [7, 11) is 0. The van der Waals surface area contributed by atoms with Crippen molar-refractivity contribution in [2.75, 3.05) is 19.7 Å². The predicted molar refractivity (Wildman–Crippen MR) is 104 cm³/mol. The van der Waals surface area contributed by atoms with Gasteiger partial charge in [0.05, 0.1) is 5.60 Å². The normalized spacial score (nSPS) is 20.9. The Balaban J connectivity index is 2.18. The van der Waals surface area contributed by atoms with E-state index in [-0.39, 0.29) is 11.5 Å². The molecule has 0 bridgehead atoms. The number of nitrogens with zero attached hydrogens (tertiary/aromatic N) is 1. The molecule has 3 heteroatoms. The predicted octanol–water partition coefficient (Wildman–Crippen LogP) is 5.01. The summed E-state index contributed by atoms with van der Waals surface area (Å²) in [6.45, 7) is 11.2. The molecule has 0 saturated carbocycles. The summed E-state index contributed by atoms with van der Waals surface area (Å²) in [5.41, 5.74) is 1.21. The smallest absolute Gasteiger partial charge is 0.223 e. The van der Waals surface area contributed by atoms with Gasteiger partial charge in [0.1, 0.15) is 0 Å². The molecule has 1 fully saturated rings. The van der Waals surface area contributed by atoms with Crippen molar-refractivity contribution in [2.24, 2.45) is 5.92 Å². The zero-order valence-electron chi connectivity index (χ0n) is 16.5. The van der Waals surface area contributed by atoms with Gasteiger partial charge in [0, 0.05) is 26.1 Å². The Bertz CT molecular complexity index is 520. The van der Waals surface area contributed by atoms with Crippen molar-refractivity contribution in [3.05, 3.63) is 35.9 Å². The number of ether oxygens (including phenoxy) is 1. The third-order valence-electron chi connectivity index (χ3n) is 5.27. The van der Waals surface area contributed by atoms with Crippen LogP contribution in [0.4, 0.5) is 0 Å². The van der Waals surface area contributed by atoms with E-state index in [4.69, 9.17) is 4.74 Å². The topological polar surface area (TPSA) is 29.5 Å². The quantitative estimate of drug-likeness (QED) is 0.662. The van der Waals surface area contributed by atoms with Crippen LogP contribution in [0.1, 0.15) is 71.3 Å². The lowest BCUT2D eigenvalue weighted by molar-refractivity contribution is -0.133. The third kappa shape index (κ3) is 5.85. The maximum absolute atomic E-state index is 13.0. The Labute approximate surface area is 153 Å². The van der Waals surface area contributed by atoms with E-state index in [1.807, 2.05) is 0 Å². The minimum absolute atomic E-state index is 0.0917. The number of hydrogen-bond donors (Lipinski definition) is 0. The molecule has 0 unspecified atom stereocenters. The van der Waals surface area contributed by atoms with Crippen LogP contribution in [0.25, 0.3) is 0 Å². The molecule has 1 aromatic rings. The second-order valence-corrected chi connectivity index (χ2v) is 7.96. The highest BCUT2D eigenvalue weighted by Gasteiger charge is 2.35. The first-order chi connectivity index (χ1) is 12.0. The van der Waals surface area contributed by atoms with Crippen LogP contribution in [-0.4, -0.2) is 36.1 Å². The van der Waals surface area contributed by atoms with Crippen molar-refractivity contribution in [3.8, 4) is 0 Å². The van der Waals surface area contributed by atoms with Gasteiger partial charge in [0.25, 0.3) is 0 Å². The van der Waals surface area contributed by atoms with Gasteiger partial charge in [-0.1, -0.05) is 44.2 Å². The minimum Gasteiger partial charge on any atom is -0.376 e. The van der Waals surface area contributed by atoms with Gasteiger partial charge in [-0.05, 0) is 56.9 Å². The van der Waals surface area contributed by atoms with Gasteiger partial charge in [0.15, 0.2) is 0 Å². The van der Waals surface area contributed by atoms with E-state index in [1.165, 1.54) is 5.56 Å². The van der Waals surface area contributed by atoms with E-state index >= 15 is 0 Å². The average Bonchev–Trinajstić information content (AvgIpc) is 2.59. The van der Waals surface area contributed by atoms with E-state index in [2.05, 4.69) is 62.9 Å². The molecule has 140 valence electrons. The second-order valence-electron chi connectivity index (χ2n) is 7.96. The molecule has 2 rings (SSSR count). The molecule has 1 amide bonds.